The molecule has 1 saturated heterocycles. The molecule has 2 heterocycles. The number of hydrogen-bond donors (Lipinski definition) is 2. The Labute approximate surface area is 165 Å². The van der Waals surface area contributed by atoms with Crippen molar-refractivity contribution in [3.63, 3.8) is 0 Å². The zero-order chi connectivity index (χ0) is 20.1. The first-order valence-corrected chi connectivity index (χ1v) is 9.45. The molecule has 1 aliphatic heterocycles. The Hall–Kier alpha value is -3.09. The highest BCUT2D eigenvalue weighted by atomic mass is 16.4. The molecule has 28 heavy (non-hydrogen) atoms. The molecule has 0 saturated carbocycles. The van der Waals surface area contributed by atoms with Gasteiger partial charge in [0.05, 0.1) is 0 Å². The third kappa shape index (κ3) is 5.00. The molecule has 2 N–H and O–H groups in total. The smallest absolute Gasteiger partial charge is 0.326 e. The third-order valence-corrected chi connectivity index (χ3v) is 4.88. The van der Waals surface area contributed by atoms with Gasteiger partial charge in [0.1, 0.15) is 6.04 Å². The van der Waals surface area contributed by atoms with Crippen molar-refractivity contribution in [2.75, 3.05) is 31.1 Å². The van der Waals surface area contributed by atoms with Gasteiger partial charge in [0.2, 0.25) is 0 Å². The van der Waals surface area contributed by atoms with Gasteiger partial charge in [-0.3, -0.25) is 4.98 Å². The van der Waals surface area contributed by atoms with Crippen LogP contribution in [-0.4, -0.2) is 59.2 Å². The summed E-state index contributed by atoms with van der Waals surface area (Å²) in [7, 11) is 0. The van der Waals surface area contributed by atoms with Gasteiger partial charge in [-0.2, -0.15) is 0 Å². The second-order valence-corrected chi connectivity index (χ2v) is 7.11. The molecule has 3 rings (SSSR count). The normalized spacial score (nSPS) is 15.2. The lowest BCUT2D eigenvalue weighted by Gasteiger charge is -2.36. The van der Waals surface area contributed by atoms with E-state index in [0.717, 1.165) is 22.6 Å². The quantitative estimate of drug-likeness (QED) is 0.828. The van der Waals surface area contributed by atoms with E-state index in [4.69, 9.17) is 0 Å². The van der Waals surface area contributed by atoms with E-state index in [1.54, 1.807) is 4.90 Å². The Kier molecular flexibility index (Phi) is 6.13. The van der Waals surface area contributed by atoms with Crippen LogP contribution in [0.1, 0.15) is 17.0 Å². The lowest BCUT2D eigenvalue weighted by Crippen LogP contribution is -2.55. The van der Waals surface area contributed by atoms with Gasteiger partial charge in [0.25, 0.3) is 0 Å². The summed E-state index contributed by atoms with van der Waals surface area (Å²) in [6.45, 7) is 6.44. The lowest BCUT2D eigenvalue weighted by molar-refractivity contribution is -0.139. The summed E-state index contributed by atoms with van der Waals surface area (Å²) in [5.41, 5.74) is 3.93. The van der Waals surface area contributed by atoms with Crippen LogP contribution in [-0.2, 0) is 11.2 Å². The molecule has 0 bridgehead atoms. The molecular formula is C21H26N4O3. The van der Waals surface area contributed by atoms with Crippen molar-refractivity contribution in [2.24, 2.45) is 0 Å². The SMILES string of the molecule is Cc1cc(N2CCN(C(=O)NC(Cc3ccccc3)C(=O)O)CC2)cc(C)n1. The number of rotatable bonds is 5. The Morgan fingerprint density at radius 3 is 2.25 bits per heavy atom. The van der Waals surface area contributed by atoms with Gasteiger partial charge in [0.15, 0.2) is 0 Å². The first-order valence-electron chi connectivity index (χ1n) is 9.45. The molecule has 1 aromatic heterocycles. The van der Waals surface area contributed by atoms with Gasteiger partial charge < -0.3 is 20.2 Å². The van der Waals surface area contributed by atoms with Gasteiger partial charge in [-0.25, -0.2) is 9.59 Å². The van der Waals surface area contributed by atoms with Crippen molar-refractivity contribution in [2.45, 2.75) is 26.3 Å². The molecular weight excluding hydrogens is 356 g/mol. The van der Waals surface area contributed by atoms with Gasteiger partial charge in [-0.15, -0.1) is 0 Å². The molecule has 148 valence electrons. The monoisotopic (exact) mass is 382 g/mol. The number of hydrogen-bond acceptors (Lipinski definition) is 4. The van der Waals surface area contributed by atoms with E-state index in [0.29, 0.717) is 26.2 Å². The number of nitrogens with zero attached hydrogens (tertiary/aromatic N) is 3. The molecule has 0 spiro atoms. The van der Waals surface area contributed by atoms with Crippen LogP contribution in [0.4, 0.5) is 10.5 Å². The molecule has 1 atom stereocenters. The minimum absolute atomic E-state index is 0.261. The van der Waals surface area contributed by atoms with Crippen LogP contribution in [0.2, 0.25) is 0 Å². The second-order valence-electron chi connectivity index (χ2n) is 7.11. The molecule has 7 nitrogen and oxygen atoms in total. The largest absolute Gasteiger partial charge is 0.480 e. The van der Waals surface area contributed by atoms with Crippen LogP contribution >= 0.6 is 0 Å². The van der Waals surface area contributed by atoms with Gasteiger partial charge in [-0.1, -0.05) is 30.3 Å². The van der Waals surface area contributed by atoms with E-state index in [1.807, 2.05) is 56.3 Å². The van der Waals surface area contributed by atoms with Crippen molar-refractivity contribution in [1.82, 2.24) is 15.2 Å². The number of carboxylic acids is 1. The highest BCUT2D eigenvalue weighted by Crippen LogP contribution is 2.18. The molecule has 7 heteroatoms. The molecule has 2 aromatic rings. The van der Waals surface area contributed by atoms with Crippen molar-refractivity contribution < 1.29 is 14.7 Å². The van der Waals surface area contributed by atoms with E-state index in [2.05, 4.69) is 15.2 Å². The average molecular weight is 382 g/mol. The van der Waals surface area contributed by atoms with E-state index < -0.39 is 12.0 Å². The van der Waals surface area contributed by atoms with Crippen molar-refractivity contribution in [1.29, 1.82) is 0 Å². The molecule has 0 radical (unpaired) electrons. The summed E-state index contributed by atoms with van der Waals surface area (Å²) >= 11 is 0. The number of aromatic nitrogens is 1. The van der Waals surface area contributed by atoms with Crippen LogP contribution in [0.5, 0.6) is 0 Å². The van der Waals surface area contributed by atoms with Gasteiger partial charge in [0, 0.05) is 49.7 Å². The van der Waals surface area contributed by atoms with Crippen LogP contribution in [0.3, 0.4) is 0 Å². The zero-order valence-electron chi connectivity index (χ0n) is 16.3. The molecule has 2 amide bonds. The van der Waals surface area contributed by atoms with Crippen molar-refractivity contribution in [3.05, 3.63) is 59.4 Å². The summed E-state index contributed by atoms with van der Waals surface area (Å²) in [4.78, 5) is 32.5. The average Bonchev–Trinajstić information content (AvgIpc) is 2.67. The lowest BCUT2D eigenvalue weighted by atomic mass is 10.1. The van der Waals surface area contributed by atoms with Crippen LogP contribution < -0.4 is 10.2 Å². The Balaban J connectivity index is 1.57. The standard InChI is InChI=1S/C21H26N4O3/c1-15-12-18(13-16(2)22-15)24-8-10-25(11-9-24)21(28)23-19(20(26)27)14-17-6-4-3-5-7-17/h3-7,12-13,19H,8-11,14H2,1-2H3,(H,23,28)(H,26,27). The predicted octanol–water partition coefficient (Wildman–Crippen LogP) is 2.23. The second kappa shape index (κ2) is 8.73. The number of anilines is 1. The number of benzene rings is 1. The third-order valence-electron chi connectivity index (χ3n) is 4.88. The number of carbonyl (C=O) groups is 2. The van der Waals surface area contributed by atoms with E-state index in [-0.39, 0.29) is 12.5 Å². The summed E-state index contributed by atoms with van der Waals surface area (Å²) < 4.78 is 0. The maximum absolute atomic E-state index is 12.6. The number of amides is 2. The Morgan fingerprint density at radius 2 is 1.68 bits per heavy atom. The summed E-state index contributed by atoms with van der Waals surface area (Å²) in [5.74, 6) is -1.03. The van der Waals surface area contributed by atoms with Gasteiger partial charge in [-0.05, 0) is 31.5 Å². The summed E-state index contributed by atoms with van der Waals surface area (Å²) in [6.07, 6.45) is 0.261. The van der Waals surface area contributed by atoms with Crippen molar-refractivity contribution >= 4 is 17.7 Å². The summed E-state index contributed by atoms with van der Waals surface area (Å²) in [5, 5.41) is 12.1. The van der Waals surface area contributed by atoms with E-state index in [1.165, 1.54) is 0 Å². The number of pyridine rings is 1. The Morgan fingerprint density at radius 1 is 1.07 bits per heavy atom. The number of carboxylic acid groups (broad SMARTS) is 1. The Bertz CT molecular complexity index is 813. The van der Waals surface area contributed by atoms with E-state index >= 15 is 0 Å². The fourth-order valence-electron chi connectivity index (χ4n) is 3.45. The number of nitrogens with one attached hydrogen (secondary N) is 1. The van der Waals surface area contributed by atoms with E-state index in [9.17, 15) is 14.7 Å². The first-order chi connectivity index (χ1) is 13.4. The predicted molar refractivity (Wildman–Crippen MR) is 108 cm³/mol. The topological polar surface area (TPSA) is 85.8 Å². The number of aryl methyl sites for hydroxylation is 2. The maximum Gasteiger partial charge on any atom is 0.326 e. The molecule has 0 aliphatic carbocycles. The zero-order valence-corrected chi connectivity index (χ0v) is 16.3. The minimum Gasteiger partial charge on any atom is -0.480 e. The highest BCUT2D eigenvalue weighted by molar-refractivity contribution is 5.83. The maximum atomic E-state index is 12.6. The van der Waals surface area contributed by atoms with Crippen LogP contribution in [0.15, 0.2) is 42.5 Å². The molecule has 1 aromatic carbocycles. The fourth-order valence-corrected chi connectivity index (χ4v) is 3.45. The highest BCUT2D eigenvalue weighted by Gasteiger charge is 2.26. The molecule has 1 fully saturated rings. The number of piperazine rings is 1. The number of aliphatic carboxylic acids is 1. The van der Waals surface area contributed by atoms with Crippen LogP contribution in [0, 0.1) is 13.8 Å². The molecule has 1 aliphatic rings. The first kappa shape index (κ1) is 19.7. The fraction of sp³-hybridized carbons (Fsp3) is 0.381. The molecule has 1 unspecified atom stereocenters. The van der Waals surface area contributed by atoms with Crippen molar-refractivity contribution in [3.8, 4) is 0 Å². The number of carbonyl (C=O) groups excluding carboxylic acids is 1. The summed E-state index contributed by atoms with van der Waals surface area (Å²) in [6, 6.07) is 12.1. The van der Waals surface area contributed by atoms with Gasteiger partial charge >= 0.3 is 12.0 Å². The van der Waals surface area contributed by atoms with Crippen LogP contribution in [0.25, 0.3) is 0 Å². The minimum atomic E-state index is -1.03. The number of urea groups is 1.